The number of hydrogen-bond donors (Lipinski definition) is 1. The van der Waals surface area contributed by atoms with Crippen molar-refractivity contribution in [3.63, 3.8) is 0 Å². The van der Waals surface area contributed by atoms with Crippen molar-refractivity contribution in [3.8, 4) is 0 Å². The van der Waals surface area contributed by atoms with Crippen LogP contribution in [0.2, 0.25) is 0 Å². The summed E-state index contributed by atoms with van der Waals surface area (Å²) in [4.78, 5) is 0. The van der Waals surface area contributed by atoms with Gasteiger partial charge in [0, 0.05) is 19.5 Å². The fraction of sp³-hybridized carbons (Fsp3) is 0. The van der Waals surface area contributed by atoms with Crippen molar-refractivity contribution in [2.24, 2.45) is 0 Å². The molecule has 0 aliphatic heterocycles. The molecule has 0 aromatic heterocycles. The molecule has 0 aromatic rings. The largest absolute Gasteiger partial charge is 0 e. The monoisotopic (exact) mass is 172 g/mol. The molecule has 0 unspecified atom stereocenters. The first-order valence-electron chi connectivity index (χ1n) is 0.565. The molecule has 0 spiro atoms. The Morgan fingerprint density at radius 1 is 1.33 bits per heavy atom. The molecule has 0 atom stereocenters. The molecule has 6 heavy (non-hydrogen) atoms. The van der Waals surface area contributed by atoms with Gasteiger partial charge in [-0.1, -0.05) is 0 Å². The van der Waals surface area contributed by atoms with Gasteiger partial charge in [0.05, 0.1) is 0 Å². The quantitative estimate of drug-likeness (QED) is 0.456. The summed E-state index contributed by atoms with van der Waals surface area (Å²) in [5, 5.41) is 0. The van der Waals surface area contributed by atoms with Crippen LogP contribution in [0.25, 0.3) is 0 Å². The zero-order valence-electron chi connectivity index (χ0n) is 2.42. The first-order chi connectivity index (χ1) is 1.73. The summed E-state index contributed by atoms with van der Waals surface area (Å²) in [6.07, 6.45) is 0. The van der Waals surface area contributed by atoms with E-state index < -0.39 is 15.4 Å². The predicted molar refractivity (Wildman–Crippen MR) is 10.7 cm³/mol. The molecule has 3 nitrogen and oxygen atoms in total. The Bertz CT molecular complexity index is 59.2. The Hall–Kier alpha value is 1.37. The van der Waals surface area contributed by atoms with Crippen LogP contribution in [0.5, 0.6) is 0 Å². The van der Waals surface area contributed by atoms with E-state index in [1.165, 1.54) is 0 Å². The molecule has 0 amide bonds. The fourth-order valence-corrected chi connectivity index (χ4v) is 0. The molecule has 0 aromatic carbocycles. The van der Waals surface area contributed by atoms with Crippen LogP contribution in [0.1, 0.15) is 0 Å². The Labute approximate surface area is 64.8 Å². The first kappa shape index (κ1) is 15.7. The second-order valence-electron chi connectivity index (χ2n) is 0.238. The molecular formula is H2LiO3VZn. The van der Waals surface area contributed by atoms with Gasteiger partial charge in [-0.05, 0) is 0 Å². The molecule has 0 aliphatic rings. The van der Waals surface area contributed by atoms with Gasteiger partial charge in [0.1, 0.15) is 0 Å². The topological polar surface area (TPSA) is 54.4 Å². The molecule has 0 aliphatic carbocycles. The van der Waals surface area contributed by atoms with Crippen molar-refractivity contribution < 1.29 is 46.3 Å². The number of hydrogen-bond acceptors (Lipinski definition) is 2. The van der Waals surface area contributed by atoms with Crippen molar-refractivity contribution in [3.05, 3.63) is 0 Å². The molecule has 0 saturated carbocycles. The summed E-state index contributed by atoms with van der Waals surface area (Å²) in [5.74, 6) is 0. The van der Waals surface area contributed by atoms with E-state index in [1.54, 1.807) is 0 Å². The molecule has 0 rings (SSSR count). The average Bonchev–Trinajstić information content (AvgIpc) is 0.811. The summed E-state index contributed by atoms with van der Waals surface area (Å²) in [6.45, 7) is 0. The van der Waals surface area contributed by atoms with Gasteiger partial charge >= 0.3 is 45.6 Å². The normalized spacial score (nSPS) is 4.17. The van der Waals surface area contributed by atoms with Crippen LogP contribution in [0.15, 0.2) is 0 Å². The SMILES string of the molecule is [LiH].[O]=[V](=[O])[OH].[Zn]. The summed E-state index contributed by atoms with van der Waals surface area (Å²) in [6, 6.07) is 0. The molecule has 28 valence electrons. The maximum absolute atomic E-state index is 8.67. The number of rotatable bonds is 0. The van der Waals surface area contributed by atoms with Crippen LogP contribution >= 0.6 is 0 Å². The van der Waals surface area contributed by atoms with Gasteiger partial charge in [-0.2, -0.15) is 0 Å². The molecular weight excluding hydrogens is 171 g/mol. The van der Waals surface area contributed by atoms with Crippen molar-refractivity contribution in [2.45, 2.75) is 0 Å². The van der Waals surface area contributed by atoms with Crippen LogP contribution in [-0.2, 0) is 42.2 Å². The molecule has 0 saturated heterocycles. The van der Waals surface area contributed by atoms with Crippen LogP contribution in [0.3, 0.4) is 0 Å². The molecule has 0 heterocycles. The molecule has 6 heteroatoms. The minimum atomic E-state index is -3.69. The van der Waals surface area contributed by atoms with Gasteiger partial charge in [0.2, 0.25) is 0 Å². The third kappa shape index (κ3) is 54.9. The summed E-state index contributed by atoms with van der Waals surface area (Å²) in [7, 11) is 0. The minimum absolute atomic E-state index is 0. The van der Waals surface area contributed by atoms with Crippen LogP contribution in [-0.4, -0.2) is 22.9 Å². The van der Waals surface area contributed by atoms with E-state index in [0.29, 0.717) is 0 Å². The third-order valence-corrected chi connectivity index (χ3v) is 0. The standard InChI is InChI=1S/Li.H2O.2O.V.Zn.H/h;1H2;;;;;/q;;;;+1;;/p-1. The predicted octanol–water partition coefficient (Wildman–Crippen LogP) is -1.45. The molecule has 0 fully saturated rings. The summed E-state index contributed by atoms with van der Waals surface area (Å²) in [5.41, 5.74) is 0. The second-order valence-corrected chi connectivity index (χ2v) is 0.981. The van der Waals surface area contributed by atoms with Gasteiger partial charge < -0.3 is 0 Å². The second kappa shape index (κ2) is 9.62. The van der Waals surface area contributed by atoms with Gasteiger partial charge in [0.25, 0.3) is 0 Å². The summed E-state index contributed by atoms with van der Waals surface area (Å²) >= 11 is -3.69. The maximum Gasteiger partial charge on any atom is 0 e. The van der Waals surface area contributed by atoms with E-state index in [2.05, 4.69) is 0 Å². The van der Waals surface area contributed by atoms with Gasteiger partial charge in [-0.3, -0.25) is 0 Å². The minimum Gasteiger partial charge on any atom is 0 e. The van der Waals surface area contributed by atoms with E-state index in [0.717, 1.165) is 0 Å². The first-order valence-corrected chi connectivity index (χ1v) is 2.33. The Kier molecular flexibility index (Phi) is 25.1. The fourth-order valence-electron chi connectivity index (χ4n) is 0. The van der Waals surface area contributed by atoms with E-state index in [1.807, 2.05) is 0 Å². The van der Waals surface area contributed by atoms with Gasteiger partial charge in [-0.15, -0.1) is 0 Å². The van der Waals surface area contributed by atoms with Crippen molar-refractivity contribution in [1.29, 1.82) is 0 Å². The maximum atomic E-state index is 8.67. The van der Waals surface area contributed by atoms with Gasteiger partial charge in [0.15, 0.2) is 0 Å². The van der Waals surface area contributed by atoms with E-state index >= 15 is 0 Å². The van der Waals surface area contributed by atoms with Crippen molar-refractivity contribution >= 4 is 18.9 Å². The molecule has 0 bridgehead atoms. The zero-order valence-corrected chi connectivity index (χ0v) is 6.78. The zero-order chi connectivity index (χ0) is 3.58. The Morgan fingerprint density at radius 3 is 1.33 bits per heavy atom. The van der Waals surface area contributed by atoms with Crippen LogP contribution < -0.4 is 0 Å². The third-order valence-electron chi connectivity index (χ3n) is 0. The van der Waals surface area contributed by atoms with Crippen molar-refractivity contribution in [2.75, 3.05) is 0 Å². The van der Waals surface area contributed by atoms with Crippen molar-refractivity contribution in [1.82, 2.24) is 0 Å². The van der Waals surface area contributed by atoms with Crippen LogP contribution in [0, 0.1) is 0 Å². The van der Waals surface area contributed by atoms with Crippen LogP contribution in [0.4, 0.5) is 0 Å². The Balaban J connectivity index is -0.0000000450. The van der Waals surface area contributed by atoms with Gasteiger partial charge in [-0.25, -0.2) is 0 Å². The smallest absolute Gasteiger partial charge is 0 e. The summed E-state index contributed by atoms with van der Waals surface area (Å²) < 4.78 is 24.4. The molecule has 1 N–H and O–H groups in total. The van der Waals surface area contributed by atoms with E-state index in [-0.39, 0.29) is 38.3 Å². The Morgan fingerprint density at radius 2 is 1.33 bits per heavy atom. The molecule has 0 radical (unpaired) electrons. The van der Waals surface area contributed by atoms with E-state index in [4.69, 9.17) is 11.4 Å². The average molecular weight is 173 g/mol. The van der Waals surface area contributed by atoms with E-state index in [9.17, 15) is 0 Å².